The quantitative estimate of drug-likeness (QED) is 0.496. The third-order valence-corrected chi connectivity index (χ3v) is 5.50. The Hall–Kier alpha value is -0.720. The molecule has 0 aliphatic heterocycles. The van der Waals surface area contributed by atoms with Crippen LogP contribution < -0.4 is 5.73 Å². The Labute approximate surface area is 114 Å². The summed E-state index contributed by atoms with van der Waals surface area (Å²) in [6.07, 6.45) is 2.27. The number of nitrogens with two attached hydrogens (primary N) is 1. The van der Waals surface area contributed by atoms with Gasteiger partial charge in [0.25, 0.3) is 0 Å². The number of hydrogen-bond acceptors (Lipinski definition) is 4. The zero-order valence-electron chi connectivity index (χ0n) is 11.0. The van der Waals surface area contributed by atoms with Crippen LogP contribution in [-0.2, 0) is 10.0 Å². The molecule has 1 aromatic carbocycles. The van der Waals surface area contributed by atoms with Crippen molar-refractivity contribution in [3.8, 4) is 0 Å². The lowest BCUT2D eigenvalue weighted by Gasteiger charge is -2.13. The minimum absolute atomic E-state index is 0.241. The lowest BCUT2D eigenvalue weighted by Crippen LogP contribution is -2.22. The van der Waals surface area contributed by atoms with Gasteiger partial charge in [-0.05, 0) is 30.4 Å². The number of sulfonamides is 1. The summed E-state index contributed by atoms with van der Waals surface area (Å²) in [5, 5.41) is 0. The van der Waals surface area contributed by atoms with Gasteiger partial charge in [0, 0.05) is 24.7 Å². The lowest BCUT2D eigenvalue weighted by molar-refractivity contribution is 0.520. The van der Waals surface area contributed by atoms with Crippen molar-refractivity contribution in [2.24, 2.45) is 0 Å². The Kier molecular flexibility index (Phi) is 5.49. The fraction of sp³-hybridized carbons (Fsp3) is 0.500. The van der Waals surface area contributed by atoms with Gasteiger partial charge in [0.15, 0.2) is 0 Å². The number of unbranched alkanes of at least 4 members (excludes halogenated alkanes) is 1. The molecule has 0 amide bonds. The maximum Gasteiger partial charge on any atom is 0.242 e. The first-order valence-electron chi connectivity index (χ1n) is 5.84. The Balaban J connectivity index is 2.93. The molecule has 0 heterocycles. The van der Waals surface area contributed by atoms with Gasteiger partial charge < -0.3 is 5.73 Å². The first-order valence-corrected chi connectivity index (χ1v) is 8.27. The summed E-state index contributed by atoms with van der Waals surface area (Å²) in [7, 11) is -0.379. The van der Waals surface area contributed by atoms with E-state index < -0.39 is 10.0 Å². The van der Waals surface area contributed by atoms with E-state index >= 15 is 0 Å². The predicted molar refractivity (Wildman–Crippen MR) is 77.4 cm³/mol. The Morgan fingerprint density at radius 2 is 2.00 bits per heavy atom. The first kappa shape index (κ1) is 15.3. The standard InChI is InChI=1S/C12H20N2O2S2/c1-4-5-8-17-12-7-6-10(9-11(12)13)18(15,16)14(2)3/h6-7,9H,4-5,8,13H2,1-3H3. The number of nitrogen functional groups attached to an aromatic ring is 1. The average molecular weight is 288 g/mol. The van der Waals surface area contributed by atoms with Gasteiger partial charge in [-0.15, -0.1) is 11.8 Å². The van der Waals surface area contributed by atoms with E-state index in [0.717, 1.165) is 23.5 Å². The van der Waals surface area contributed by atoms with Gasteiger partial charge in [-0.25, -0.2) is 12.7 Å². The molecule has 0 radical (unpaired) electrons. The van der Waals surface area contributed by atoms with Crippen LogP contribution in [0, 0.1) is 0 Å². The van der Waals surface area contributed by atoms with Crippen LogP contribution in [0.15, 0.2) is 28.0 Å². The maximum atomic E-state index is 11.9. The molecule has 0 aliphatic carbocycles. The van der Waals surface area contributed by atoms with Crippen molar-refractivity contribution in [2.45, 2.75) is 29.6 Å². The molecule has 102 valence electrons. The molecule has 18 heavy (non-hydrogen) atoms. The maximum absolute atomic E-state index is 11.9. The van der Waals surface area contributed by atoms with E-state index in [-0.39, 0.29) is 4.90 Å². The summed E-state index contributed by atoms with van der Waals surface area (Å²) >= 11 is 1.67. The highest BCUT2D eigenvalue weighted by molar-refractivity contribution is 7.99. The van der Waals surface area contributed by atoms with Gasteiger partial charge >= 0.3 is 0 Å². The number of rotatable bonds is 6. The van der Waals surface area contributed by atoms with Crippen LogP contribution in [0.3, 0.4) is 0 Å². The van der Waals surface area contributed by atoms with E-state index in [1.807, 2.05) is 0 Å². The van der Waals surface area contributed by atoms with E-state index in [4.69, 9.17) is 5.73 Å². The SMILES string of the molecule is CCCCSc1ccc(S(=O)(=O)N(C)C)cc1N. The predicted octanol–water partition coefficient (Wildman–Crippen LogP) is 2.41. The van der Waals surface area contributed by atoms with Gasteiger partial charge in [0.1, 0.15) is 0 Å². The number of benzene rings is 1. The van der Waals surface area contributed by atoms with Crippen LogP contribution >= 0.6 is 11.8 Å². The highest BCUT2D eigenvalue weighted by Crippen LogP contribution is 2.28. The second kappa shape index (κ2) is 6.45. The summed E-state index contributed by atoms with van der Waals surface area (Å²) in [5.41, 5.74) is 6.42. The third-order valence-electron chi connectivity index (χ3n) is 2.52. The van der Waals surface area contributed by atoms with Crippen molar-refractivity contribution in [2.75, 3.05) is 25.6 Å². The molecule has 0 spiro atoms. The largest absolute Gasteiger partial charge is 0.398 e. The molecule has 0 bridgehead atoms. The molecule has 0 aromatic heterocycles. The smallest absolute Gasteiger partial charge is 0.242 e. The molecule has 6 heteroatoms. The molecule has 0 fully saturated rings. The summed E-state index contributed by atoms with van der Waals surface area (Å²) < 4.78 is 25.0. The minimum Gasteiger partial charge on any atom is -0.398 e. The van der Waals surface area contributed by atoms with E-state index in [9.17, 15) is 8.42 Å². The van der Waals surface area contributed by atoms with Gasteiger partial charge in [-0.2, -0.15) is 0 Å². The van der Waals surface area contributed by atoms with E-state index in [1.165, 1.54) is 24.5 Å². The highest BCUT2D eigenvalue weighted by Gasteiger charge is 2.17. The average Bonchev–Trinajstić information content (AvgIpc) is 2.31. The zero-order valence-corrected chi connectivity index (χ0v) is 12.6. The topological polar surface area (TPSA) is 63.4 Å². The van der Waals surface area contributed by atoms with Crippen molar-refractivity contribution in [3.05, 3.63) is 18.2 Å². The summed E-state index contributed by atoms with van der Waals surface area (Å²) in [6, 6.07) is 4.93. The van der Waals surface area contributed by atoms with Crippen LogP contribution in [0.2, 0.25) is 0 Å². The fourth-order valence-corrected chi connectivity index (χ4v) is 3.34. The number of hydrogen-bond donors (Lipinski definition) is 1. The minimum atomic E-state index is -3.40. The van der Waals surface area contributed by atoms with Crippen molar-refractivity contribution >= 4 is 27.5 Å². The van der Waals surface area contributed by atoms with E-state index in [1.54, 1.807) is 23.9 Å². The third kappa shape index (κ3) is 3.63. The molecular weight excluding hydrogens is 268 g/mol. The van der Waals surface area contributed by atoms with Crippen LogP contribution in [0.4, 0.5) is 5.69 Å². The van der Waals surface area contributed by atoms with Gasteiger partial charge in [-0.1, -0.05) is 13.3 Å². The van der Waals surface area contributed by atoms with Crippen LogP contribution in [0.25, 0.3) is 0 Å². The van der Waals surface area contributed by atoms with Gasteiger partial charge in [-0.3, -0.25) is 0 Å². The summed E-state index contributed by atoms with van der Waals surface area (Å²) in [4.78, 5) is 1.19. The molecular formula is C12H20N2O2S2. The van der Waals surface area contributed by atoms with Crippen molar-refractivity contribution in [1.82, 2.24) is 4.31 Å². The number of anilines is 1. The second-order valence-corrected chi connectivity index (χ2v) is 7.48. The monoisotopic (exact) mass is 288 g/mol. The Morgan fingerprint density at radius 1 is 1.33 bits per heavy atom. The fourth-order valence-electron chi connectivity index (χ4n) is 1.36. The van der Waals surface area contributed by atoms with Crippen molar-refractivity contribution < 1.29 is 8.42 Å². The Bertz CT molecular complexity index is 499. The number of nitrogens with zero attached hydrogens (tertiary/aromatic N) is 1. The highest BCUT2D eigenvalue weighted by atomic mass is 32.2. The van der Waals surface area contributed by atoms with E-state index in [0.29, 0.717) is 5.69 Å². The molecule has 0 unspecified atom stereocenters. The number of thioether (sulfide) groups is 1. The van der Waals surface area contributed by atoms with Gasteiger partial charge in [0.05, 0.1) is 4.90 Å². The van der Waals surface area contributed by atoms with Crippen LogP contribution in [-0.4, -0.2) is 32.6 Å². The molecule has 0 saturated carbocycles. The van der Waals surface area contributed by atoms with Crippen LogP contribution in [0.1, 0.15) is 19.8 Å². The van der Waals surface area contributed by atoms with Gasteiger partial charge in [0.2, 0.25) is 10.0 Å². The summed E-state index contributed by atoms with van der Waals surface area (Å²) in [5.74, 6) is 1.00. The van der Waals surface area contributed by atoms with Crippen molar-refractivity contribution in [1.29, 1.82) is 0 Å². The van der Waals surface area contributed by atoms with Crippen LogP contribution in [0.5, 0.6) is 0 Å². The molecule has 4 nitrogen and oxygen atoms in total. The molecule has 1 aromatic rings. The molecule has 0 atom stereocenters. The molecule has 0 saturated heterocycles. The molecule has 1 rings (SSSR count). The Morgan fingerprint density at radius 3 is 2.50 bits per heavy atom. The molecule has 2 N–H and O–H groups in total. The second-order valence-electron chi connectivity index (χ2n) is 4.19. The summed E-state index contributed by atoms with van der Waals surface area (Å²) in [6.45, 7) is 2.14. The lowest BCUT2D eigenvalue weighted by atomic mass is 10.3. The van der Waals surface area contributed by atoms with Crippen molar-refractivity contribution in [3.63, 3.8) is 0 Å². The van der Waals surface area contributed by atoms with E-state index in [2.05, 4.69) is 6.92 Å². The normalized spacial score (nSPS) is 12.0. The first-order chi connectivity index (χ1) is 8.39. The molecule has 0 aliphatic rings. The zero-order chi connectivity index (χ0) is 13.8.